The van der Waals surface area contributed by atoms with Crippen LogP contribution in [0.1, 0.15) is 39.4 Å². The van der Waals surface area contributed by atoms with E-state index < -0.39 is 0 Å². The van der Waals surface area contributed by atoms with Gasteiger partial charge in [0.1, 0.15) is 5.82 Å². The van der Waals surface area contributed by atoms with Gasteiger partial charge >= 0.3 is 0 Å². The molecule has 3 aromatic rings. The average Bonchev–Trinajstić information content (AvgIpc) is 3.25. The van der Waals surface area contributed by atoms with Gasteiger partial charge in [-0.3, -0.25) is 18.8 Å². The molecule has 0 aromatic carbocycles. The average molecular weight is 341 g/mol. The molecule has 0 aliphatic heterocycles. The predicted octanol–water partition coefficient (Wildman–Crippen LogP) is 1.95. The molecule has 0 saturated heterocycles. The van der Waals surface area contributed by atoms with Gasteiger partial charge in [0, 0.05) is 37.4 Å². The first-order valence-corrected chi connectivity index (χ1v) is 8.51. The lowest BCUT2D eigenvalue weighted by molar-refractivity contribution is 0.663. The van der Waals surface area contributed by atoms with Crippen LogP contribution in [-0.4, -0.2) is 36.2 Å². The van der Waals surface area contributed by atoms with E-state index in [2.05, 4.69) is 26.9 Å². The first-order valence-electron chi connectivity index (χ1n) is 8.51. The van der Waals surface area contributed by atoms with Gasteiger partial charge in [0.25, 0.3) is 5.56 Å². The molecule has 3 heterocycles. The molecule has 0 radical (unpaired) electrons. The first kappa shape index (κ1) is 16.9. The summed E-state index contributed by atoms with van der Waals surface area (Å²) in [6.07, 6.45) is 8.38. The van der Waals surface area contributed by atoms with Crippen LogP contribution in [0.25, 0.3) is 22.5 Å². The van der Waals surface area contributed by atoms with Crippen LogP contribution < -0.4 is 11.3 Å². The number of aromatic nitrogens is 5. The lowest BCUT2D eigenvalue weighted by atomic mass is 10.2. The van der Waals surface area contributed by atoms with Crippen molar-refractivity contribution in [3.8, 4) is 0 Å². The van der Waals surface area contributed by atoms with Crippen LogP contribution in [0.4, 0.5) is 0 Å². The van der Waals surface area contributed by atoms with E-state index in [1.165, 1.54) is 6.20 Å². The van der Waals surface area contributed by atoms with Crippen molar-refractivity contribution in [3.63, 3.8) is 0 Å². The quantitative estimate of drug-likeness (QED) is 0.668. The number of imidazole rings is 2. The van der Waals surface area contributed by atoms with Crippen molar-refractivity contribution in [2.24, 2.45) is 10.7 Å². The summed E-state index contributed by atoms with van der Waals surface area (Å²) in [6, 6.07) is 0.196. The number of nitrogens with zero attached hydrogens (tertiary/aromatic N) is 5. The monoisotopic (exact) mass is 341 g/mol. The maximum atomic E-state index is 12.8. The number of nitrogens with two attached hydrogens (primary N) is 1. The highest BCUT2D eigenvalue weighted by atomic mass is 16.1. The molecule has 0 saturated carbocycles. The summed E-state index contributed by atoms with van der Waals surface area (Å²) in [5, 5.41) is 0. The fraction of sp³-hybridized carbons (Fsp3) is 0.412. The molecule has 0 amide bonds. The molecule has 0 aliphatic carbocycles. The zero-order valence-corrected chi connectivity index (χ0v) is 14.7. The van der Waals surface area contributed by atoms with Gasteiger partial charge in [0.2, 0.25) is 5.78 Å². The van der Waals surface area contributed by atoms with Gasteiger partial charge in [-0.15, -0.1) is 0 Å². The van der Waals surface area contributed by atoms with Gasteiger partial charge in [0.05, 0.1) is 5.57 Å². The molecule has 0 fully saturated rings. The molecule has 25 heavy (non-hydrogen) atoms. The van der Waals surface area contributed by atoms with Crippen LogP contribution in [0.15, 0.2) is 28.4 Å². The van der Waals surface area contributed by atoms with E-state index >= 15 is 0 Å². The number of allylic oxidation sites excluding steroid dienone is 1. The summed E-state index contributed by atoms with van der Waals surface area (Å²) in [4.78, 5) is 29.2. The standard InChI is InChI=1S/C17H23N7O/c1-4-7-24-16(25)13-15(23-8-6-19-17(23)24)22-14(21-13)12(9-18)10-20-11(3)5-2/h6,8-11H,4-5,7,18H2,1-3H3,(H,21,22). The fourth-order valence-corrected chi connectivity index (χ4v) is 2.63. The number of hydrogen-bond donors (Lipinski definition) is 2. The van der Waals surface area contributed by atoms with Crippen molar-refractivity contribution in [2.75, 3.05) is 0 Å². The Morgan fingerprint density at radius 3 is 2.96 bits per heavy atom. The fourth-order valence-electron chi connectivity index (χ4n) is 2.63. The van der Waals surface area contributed by atoms with Crippen molar-refractivity contribution >= 4 is 28.7 Å². The highest BCUT2D eigenvalue weighted by Gasteiger charge is 2.16. The van der Waals surface area contributed by atoms with E-state index in [0.717, 1.165) is 12.8 Å². The van der Waals surface area contributed by atoms with E-state index in [0.29, 0.717) is 34.9 Å². The lowest BCUT2D eigenvalue weighted by Crippen LogP contribution is -2.23. The Morgan fingerprint density at radius 1 is 1.48 bits per heavy atom. The maximum absolute atomic E-state index is 12.8. The minimum absolute atomic E-state index is 0.135. The van der Waals surface area contributed by atoms with Crippen LogP contribution in [0.3, 0.4) is 0 Å². The normalized spacial score (nSPS) is 14.1. The van der Waals surface area contributed by atoms with E-state index in [4.69, 9.17) is 5.73 Å². The third-order valence-electron chi connectivity index (χ3n) is 4.19. The summed E-state index contributed by atoms with van der Waals surface area (Å²) in [5.74, 6) is 1.11. The minimum Gasteiger partial charge on any atom is -0.404 e. The van der Waals surface area contributed by atoms with Gasteiger partial charge in [-0.05, 0) is 19.8 Å². The Bertz CT molecular complexity index is 1010. The Morgan fingerprint density at radius 2 is 2.28 bits per heavy atom. The van der Waals surface area contributed by atoms with E-state index in [1.807, 2.05) is 18.2 Å². The van der Waals surface area contributed by atoms with Crippen LogP contribution in [-0.2, 0) is 6.54 Å². The maximum Gasteiger partial charge on any atom is 0.280 e. The zero-order valence-electron chi connectivity index (χ0n) is 14.7. The molecule has 1 unspecified atom stereocenters. The van der Waals surface area contributed by atoms with Crippen LogP contribution in [0.2, 0.25) is 0 Å². The third-order valence-corrected chi connectivity index (χ3v) is 4.19. The molecule has 1 atom stereocenters. The summed E-state index contributed by atoms with van der Waals surface area (Å²) in [6.45, 7) is 6.72. The first-order chi connectivity index (χ1) is 12.1. The van der Waals surface area contributed by atoms with Crippen molar-refractivity contribution in [1.29, 1.82) is 0 Å². The summed E-state index contributed by atoms with van der Waals surface area (Å²) in [7, 11) is 0. The molecule has 0 spiro atoms. The number of hydrogen-bond acceptors (Lipinski definition) is 5. The number of H-pyrrole nitrogens is 1. The van der Waals surface area contributed by atoms with E-state index in [9.17, 15) is 4.79 Å². The second-order valence-electron chi connectivity index (χ2n) is 6.00. The largest absolute Gasteiger partial charge is 0.404 e. The number of nitrogens with one attached hydrogen (secondary N) is 1. The molecule has 3 N–H and O–H groups in total. The van der Waals surface area contributed by atoms with Gasteiger partial charge in [-0.25, -0.2) is 9.97 Å². The molecular weight excluding hydrogens is 318 g/mol. The van der Waals surface area contributed by atoms with Crippen molar-refractivity contribution in [3.05, 3.63) is 34.8 Å². The van der Waals surface area contributed by atoms with Crippen molar-refractivity contribution in [2.45, 2.75) is 46.2 Å². The topological polar surface area (TPSA) is 106 Å². The summed E-state index contributed by atoms with van der Waals surface area (Å²) >= 11 is 0. The summed E-state index contributed by atoms with van der Waals surface area (Å²) < 4.78 is 3.47. The highest BCUT2D eigenvalue weighted by Crippen LogP contribution is 2.15. The van der Waals surface area contributed by atoms with E-state index in [1.54, 1.807) is 23.2 Å². The van der Waals surface area contributed by atoms with Crippen LogP contribution >= 0.6 is 0 Å². The Hall–Kier alpha value is -2.90. The molecule has 3 aromatic heterocycles. The van der Waals surface area contributed by atoms with Crippen molar-refractivity contribution < 1.29 is 0 Å². The number of aromatic amines is 1. The third kappa shape index (κ3) is 2.95. The highest BCUT2D eigenvalue weighted by molar-refractivity contribution is 6.08. The van der Waals surface area contributed by atoms with Gasteiger partial charge in [0.15, 0.2) is 11.2 Å². The number of aryl methyl sites for hydroxylation is 1. The zero-order chi connectivity index (χ0) is 18.0. The predicted molar refractivity (Wildman–Crippen MR) is 99.8 cm³/mol. The Labute approximate surface area is 145 Å². The molecule has 8 heteroatoms. The molecule has 132 valence electrons. The second-order valence-corrected chi connectivity index (χ2v) is 6.00. The number of fused-ring (bicyclic) bond motifs is 3. The Balaban J connectivity index is 2.18. The number of rotatable bonds is 6. The van der Waals surface area contributed by atoms with E-state index in [-0.39, 0.29) is 11.6 Å². The van der Waals surface area contributed by atoms with Crippen molar-refractivity contribution in [1.82, 2.24) is 23.9 Å². The van der Waals surface area contributed by atoms with Crippen LogP contribution in [0.5, 0.6) is 0 Å². The smallest absolute Gasteiger partial charge is 0.280 e. The minimum atomic E-state index is -0.135. The molecule has 0 aliphatic rings. The lowest BCUT2D eigenvalue weighted by Gasteiger charge is -2.05. The SMILES string of the molecule is CCCn1c(=O)c2[nH]c(C(C=NC(C)CC)=CN)nc2n2ccnc12. The molecular formula is C17H23N7O. The molecule has 3 rings (SSSR count). The Kier molecular flexibility index (Phi) is 4.69. The molecule has 0 bridgehead atoms. The van der Waals surface area contributed by atoms with Gasteiger partial charge in [-0.2, -0.15) is 0 Å². The van der Waals surface area contributed by atoms with Gasteiger partial charge in [-0.1, -0.05) is 13.8 Å². The van der Waals surface area contributed by atoms with Gasteiger partial charge < -0.3 is 10.7 Å². The molecule has 8 nitrogen and oxygen atoms in total. The number of aliphatic imine (C=N–C) groups is 1. The second kappa shape index (κ2) is 6.92. The summed E-state index contributed by atoms with van der Waals surface area (Å²) in [5.41, 5.74) is 7.23. The van der Waals surface area contributed by atoms with Crippen LogP contribution in [0, 0.1) is 0 Å².